The van der Waals surface area contributed by atoms with Crippen LogP contribution in [0.4, 0.5) is 0 Å². The summed E-state index contributed by atoms with van der Waals surface area (Å²) in [6.45, 7) is 2.32. The van der Waals surface area contributed by atoms with E-state index in [4.69, 9.17) is 21.2 Å². The van der Waals surface area contributed by atoms with Crippen LogP contribution in [0.3, 0.4) is 0 Å². The molecule has 0 bridgehead atoms. The van der Waals surface area contributed by atoms with Gasteiger partial charge in [-0.25, -0.2) is 0 Å². The van der Waals surface area contributed by atoms with Crippen molar-refractivity contribution in [2.45, 2.75) is 13.5 Å². The first-order valence-electron chi connectivity index (χ1n) is 4.42. The summed E-state index contributed by atoms with van der Waals surface area (Å²) in [4.78, 5) is 4.75. The minimum absolute atomic E-state index is 0.0427. The zero-order chi connectivity index (χ0) is 11.4. The Labute approximate surface area is 93.7 Å². The molecule has 1 aromatic carbocycles. The Hall–Kier alpha value is -0.970. The van der Waals surface area contributed by atoms with Crippen LogP contribution in [0.25, 0.3) is 0 Å². The Morgan fingerprint density at radius 1 is 1.47 bits per heavy atom. The molecule has 5 heteroatoms. The molecule has 84 valence electrons. The van der Waals surface area contributed by atoms with Crippen LogP contribution in [0.5, 0.6) is 11.5 Å². The highest BCUT2D eigenvalue weighted by molar-refractivity contribution is 6.33. The number of aromatic hydroxyl groups is 1. The van der Waals surface area contributed by atoms with E-state index in [2.05, 4.69) is 5.48 Å². The molecule has 0 aliphatic rings. The number of hydrogen-bond acceptors (Lipinski definition) is 4. The summed E-state index contributed by atoms with van der Waals surface area (Å²) in [5.41, 5.74) is 4.41. The maximum atomic E-state index is 9.56. The van der Waals surface area contributed by atoms with Crippen molar-refractivity contribution in [1.29, 1.82) is 0 Å². The zero-order valence-electron chi connectivity index (χ0n) is 8.93. The van der Waals surface area contributed by atoms with Crippen LogP contribution in [0.1, 0.15) is 11.1 Å². The molecular weight excluding hydrogens is 218 g/mol. The third-order valence-electron chi connectivity index (χ3n) is 2.12. The predicted octanol–water partition coefficient (Wildman–Crippen LogP) is 2.01. The Bertz CT molecular complexity index is 355. The molecule has 0 amide bonds. The summed E-state index contributed by atoms with van der Waals surface area (Å²) in [7, 11) is 2.99. The van der Waals surface area contributed by atoms with Gasteiger partial charge in [0.25, 0.3) is 0 Å². The lowest BCUT2D eigenvalue weighted by Gasteiger charge is -2.13. The van der Waals surface area contributed by atoms with Gasteiger partial charge in [0.1, 0.15) is 0 Å². The maximum absolute atomic E-state index is 9.56. The van der Waals surface area contributed by atoms with Gasteiger partial charge >= 0.3 is 0 Å². The predicted molar refractivity (Wildman–Crippen MR) is 58.3 cm³/mol. The standard InChI is InChI=1S/C10H14ClNO3/c1-6-4-8(13)10(14-2)9(11)7(6)5-12-15-3/h4,12-13H,5H2,1-3H3. The van der Waals surface area contributed by atoms with Crippen molar-refractivity contribution < 1.29 is 14.7 Å². The fourth-order valence-corrected chi connectivity index (χ4v) is 1.73. The maximum Gasteiger partial charge on any atom is 0.179 e. The molecule has 1 aromatic rings. The van der Waals surface area contributed by atoms with Crippen molar-refractivity contribution in [3.63, 3.8) is 0 Å². The van der Waals surface area contributed by atoms with Crippen LogP contribution in [-0.4, -0.2) is 19.3 Å². The van der Waals surface area contributed by atoms with Crippen LogP contribution < -0.4 is 10.2 Å². The number of hydrogen-bond donors (Lipinski definition) is 2. The highest BCUT2D eigenvalue weighted by atomic mass is 35.5. The van der Waals surface area contributed by atoms with Gasteiger partial charge < -0.3 is 14.7 Å². The van der Waals surface area contributed by atoms with Gasteiger partial charge in [-0.1, -0.05) is 11.6 Å². The van der Waals surface area contributed by atoms with Crippen molar-refractivity contribution in [3.8, 4) is 11.5 Å². The Kier molecular flexibility index (Phi) is 4.20. The first kappa shape index (κ1) is 12.1. The SMILES string of the molecule is CONCc1c(C)cc(O)c(OC)c1Cl. The summed E-state index contributed by atoms with van der Waals surface area (Å²) in [6.07, 6.45) is 0. The quantitative estimate of drug-likeness (QED) is 0.779. The molecule has 0 heterocycles. The van der Waals surface area contributed by atoms with Crippen LogP contribution >= 0.6 is 11.6 Å². The third-order valence-corrected chi connectivity index (χ3v) is 2.52. The van der Waals surface area contributed by atoms with E-state index in [1.807, 2.05) is 6.92 Å². The van der Waals surface area contributed by atoms with Crippen molar-refractivity contribution in [1.82, 2.24) is 5.48 Å². The number of methoxy groups -OCH3 is 1. The van der Waals surface area contributed by atoms with Gasteiger partial charge in [-0.05, 0) is 24.1 Å². The molecule has 0 radical (unpaired) electrons. The smallest absolute Gasteiger partial charge is 0.179 e. The van der Waals surface area contributed by atoms with E-state index >= 15 is 0 Å². The van der Waals surface area contributed by atoms with E-state index in [0.29, 0.717) is 11.6 Å². The summed E-state index contributed by atoms with van der Waals surface area (Å²) in [6, 6.07) is 1.61. The van der Waals surface area contributed by atoms with Crippen molar-refractivity contribution in [2.75, 3.05) is 14.2 Å². The molecule has 4 nitrogen and oxygen atoms in total. The molecular formula is C10H14ClNO3. The van der Waals surface area contributed by atoms with Gasteiger partial charge in [0.15, 0.2) is 11.5 Å². The van der Waals surface area contributed by atoms with Gasteiger partial charge in [0.05, 0.1) is 19.2 Å². The summed E-state index contributed by atoms with van der Waals surface area (Å²) < 4.78 is 5.00. The van der Waals surface area contributed by atoms with Crippen LogP contribution in [0.2, 0.25) is 5.02 Å². The molecule has 15 heavy (non-hydrogen) atoms. The molecule has 1 rings (SSSR count). The third kappa shape index (κ3) is 2.53. The van der Waals surface area contributed by atoms with Gasteiger partial charge in [-0.3, -0.25) is 0 Å². The van der Waals surface area contributed by atoms with E-state index in [0.717, 1.165) is 11.1 Å². The van der Waals surface area contributed by atoms with Gasteiger partial charge in [-0.15, -0.1) is 0 Å². The second kappa shape index (κ2) is 5.21. The lowest BCUT2D eigenvalue weighted by atomic mass is 10.1. The van der Waals surface area contributed by atoms with E-state index in [-0.39, 0.29) is 11.5 Å². The molecule has 0 fully saturated rings. The first-order valence-corrected chi connectivity index (χ1v) is 4.80. The molecule has 0 aliphatic carbocycles. The number of rotatable bonds is 4. The second-order valence-corrected chi connectivity index (χ2v) is 3.44. The topological polar surface area (TPSA) is 50.7 Å². The molecule has 0 spiro atoms. The number of phenols is 1. The van der Waals surface area contributed by atoms with Crippen LogP contribution in [0, 0.1) is 6.92 Å². The fourth-order valence-electron chi connectivity index (χ4n) is 1.34. The molecule has 0 aromatic heterocycles. The average molecular weight is 232 g/mol. The number of halogens is 1. The second-order valence-electron chi connectivity index (χ2n) is 3.06. The monoisotopic (exact) mass is 231 g/mol. The number of aryl methyl sites for hydroxylation is 1. The lowest BCUT2D eigenvalue weighted by Crippen LogP contribution is -2.12. The van der Waals surface area contributed by atoms with Crippen LogP contribution in [0.15, 0.2) is 6.07 Å². The summed E-state index contributed by atoms with van der Waals surface area (Å²) >= 11 is 6.07. The molecule has 0 aliphatic heterocycles. The van der Waals surface area contributed by atoms with E-state index in [1.54, 1.807) is 6.07 Å². The largest absolute Gasteiger partial charge is 0.504 e. The Balaban J connectivity index is 3.14. The highest BCUT2D eigenvalue weighted by Gasteiger charge is 2.14. The minimum atomic E-state index is 0.0427. The number of hydroxylamine groups is 1. The number of nitrogens with one attached hydrogen (secondary N) is 1. The van der Waals surface area contributed by atoms with E-state index in [9.17, 15) is 5.11 Å². The van der Waals surface area contributed by atoms with Crippen molar-refractivity contribution in [2.24, 2.45) is 0 Å². The summed E-state index contributed by atoms with van der Waals surface area (Å²) in [5, 5.41) is 9.96. The highest BCUT2D eigenvalue weighted by Crippen LogP contribution is 2.38. The van der Waals surface area contributed by atoms with E-state index < -0.39 is 0 Å². The molecule has 0 saturated carbocycles. The number of ether oxygens (including phenoxy) is 1. The van der Waals surface area contributed by atoms with Gasteiger partial charge in [0.2, 0.25) is 0 Å². The average Bonchev–Trinajstić information content (AvgIpc) is 2.17. The molecule has 0 atom stereocenters. The number of phenolic OH excluding ortho intramolecular Hbond substituents is 1. The van der Waals surface area contributed by atoms with Gasteiger partial charge in [-0.2, -0.15) is 5.48 Å². The van der Waals surface area contributed by atoms with Gasteiger partial charge in [0, 0.05) is 6.54 Å². The molecule has 0 saturated heterocycles. The zero-order valence-corrected chi connectivity index (χ0v) is 9.68. The number of benzene rings is 1. The van der Waals surface area contributed by atoms with Crippen molar-refractivity contribution >= 4 is 11.6 Å². The van der Waals surface area contributed by atoms with Crippen molar-refractivity contribution in [3.05, 3.63) is 22.2 Å². The minimum Gasteiger partial charge on any atom is -0.504 e. The Morgan fingerprint density at radius 2 is 2.13 bits per heavy atom. The normalized spacial score (nSPS) is 10.4. The van der Waals surface area contributed by atoms with E-state index in [1.165, 1.54) is 14.2 Å². The Morgan fingerprint density at radius 3 is 2.67 bits per heavy atom. The molecule has 2 N–H and O–H groups in total. The van der Waals surface area contributed by atoms with Crippen LogP contribution in [-0.2, 0) is 11.4 Å². The fraction of sp³-hybridized carbons (Fsp3) is 0.400. The first-order chi connectivity index (χ1) is 7.11. The summed E-state index contributed by atoms with van der Waals surface area (Å²) in [5.74, 6) is 0.330. The lowest BCUT2D eigenvalue weighted by molar-refractivity contribution is 0.0865. The molecule has 0 unspecified atom stereocenters.